The minimum Gasteiger partial charge on any atom is -0.462 e. The van der Waals surface area contributed by atoms with Gasteiger partial charge in [-0.25, -0.2) is 9.13 Å². The van der Waals surface area contributed by atoms with Gasteiger partial charge in [0, 0.05) is 25.7 Å². The van der Waals surface area contributed by atoms with Crippen LogP contribution in [0.2, 0.25) is 0 Å². The number of rotatable bonds is 73. The first-order valence-corrected chi connectivity index (χ1v) is 43.6. The molecule has 0 aliphatic carbocycles. The summed E-state index contributed by atoms with van der Waals surface area (Å²) in [5.41, 5.74) is 0. The Labute approximate surface area is 664 Å². The maximum atomic E-state index is 13.1. The molecule has 0 heterocycles. The van der Waals surface area contributed by atoms with E-state index in [-0.39, 0.29) is 25.7 Å². The molecule has 0 aromatic heterocycles. The van der Waals surface area contributed by atoms with E-state index in [1.807, 2.05) is 48.6 Å². The molecule has 5 unspecified atom stereocenters. The number of hydrogen-bond acceptors (Lipinski definition) is 15. The van der Waals surface area contributed by atoms with Gasteiger partial charge in [-0.3, -0.25) is 37.3 Å². The van der Waals surface area contributed by atoms with Crippen LogP contribution in [0.4, 0.5) is 0 Å². The predicted octanol–water partition coefficient (Wildman–Crippen LogP) is 24.2. The van der Waals surface area contributed by atoms with Crippen LogP contribution in [0.1, 0.15) is 259 Å². The minimum absolute atomic E-state index is 0.0117. The van der Waals surface area contributed by atoms with Crippen molar-refractivity contribution in [1.82, 2.24) is 0 Å². The van der Waals surface area contributed by atoms with Crippen molar-refractivity contribution >= 4 is 39.5 Å². The first-order chi connectivity index (χ1) is 53.7. The van der Waals surface area contributed by atoms with Crippen molar-refractivity contribution < 1.29 is 80.2 Å². The van der Waals surface area contributed by atoms with E-state index in [1.54, 1.807) is 0 Å². The number of phosphoric ester groups is 2. The molecular weight excluding hydrogens is 1430 g/mol. The van der Waals surface area contributed by atoms with Crippen LogP contribution in [-0.4, -0.2) is 96.7 Å². The molecule has 0 aromatic carbocycles. The van der Waals surface area contributed by atoms with Crippen LogP contribution in [0.25, 0.3) is 0 Å². The monoisotopic (exact) mass is 1570 g/mol. The van der Waals surface area contributed by atoms with Crippen LogP contribution in [0.15, 0.2) is 231 Å². The number of esters is 4. The second-order valence-electron chi connectivity index (χ2n) is 25.9. The first kappa shape index (κ1) is 103. The smallest absolute Gasteiger partial charge is 0.462 e. The Balaban J connectivity index is 5.60. The van der Waals surface area contributed by atoms with Crippen LogP contribution >= 0.6 is 15.6 Å². The van der Waals surface area contributed by atoms with E-state index >= 15 is 0 Å². The van der Waals surface area contributed by atoms with Gasteiger partial charge in [0.05, 0.1) is 26.4 Å². The van der Waals surface area contributed by atoms with Crippen molar-refractivity contribution in [3.8, 4) is 0 Å². The number of aliphatic hydroxyl groups excluding tert-OH is 1. The van der Waals surface area contributed by atoms with Crippen LogP contribution in [0.3, 0.4) is 0 Å². The van der Waals surface area contributed by atoms with Crippen molar-refractivity contribution in [2.24, 2.45) is 0 Å². The Hall–Kier alpha value is -6.88. The molecule has 0 spiro atoms. The summed E-state index contributed by atoms with van der Waals surface area (Å²) in [5.74, 6) is -2.49. The lowest BCUT2D eigenvalue weighted by molar-refractivity contribution is -0.161. The second kappa shape index (κ2) is 80.2. The van der Waals surface area contributed by atoms with Gasteiger partial charge in [-0.05, 0) is 173 Å². The molecule has 0 bridgehead atoms. The lowest BCUT2D eigenvalue weighted by Crippen LogP contribution is -2.30. The number of ether oxygens (including phenoxy) is 4. The molecule has 110 heavy (non-hydrogen) atoms. The Bertz CT molecular complexity index is 3000. The molecule has 0 aliphatic rings. The minimum atomic E-state index is -5.03. The highest BCUT2D eigenvalue weighted by Crippen LogP contribution is 2.45. The van der Waals surface area contributed by atoms with Crippen molar-refractivity contribution in [3.63, 3.8) is 0 Å². The van der Waals surface area contributed by atoms with Gasteiger partial charge in [0.15, 0.2) is 12.2 Å². The average molecular weight is 1570 g/mol. The lowest BCUT2D eigenvalue weighted by Gasteiger charge is -2.21. The van der Waals surface area contributed by atoms with Gasteiger partial charge >= 0.3 is 39.5 Å². The summed E-state index contributed by atoms with van der Waals surface area (Å²) in [4.78, 5) is 73.1. The van der Waals surface area contributed by atoms with Gasteiger partial charge in [0.25, 0.3) is 0 Å². The molecule has 19 heteroatoms. The predicted molar refractivity (Wildman–Crippen MR) is 454 cm³/mol. The molecule has 616 valence electrons. The highest BCUT2D eigenvalue weighted by atomic mass is 31.2. The molecule has 0 aliphatic heterocycles. The quantitative estimate of drug-likeness (QED) is 0.0169. The van der Waals surface area contributed by atoms with E-state index in [1.165, 1.54) is 19.3 Å². The third-order valence-electron chi connectivity index (χ3n) is 15.6. The molecule has 0 radical (unpaired) electrons. The van der Waals surface area contributed by atoms with Crippen LogP contribution in [0, 0.1) is 0 Å². The zero-order valence-electron chi connectivity index (χ0n) is 67.3. The average Bonchev–Trinajstić information content (AvgIpc) is 0.906. The fraction of sp³-hybridized carbons (Fsp3) is 0.538. The third kappa shape index (κ3) is 79.2. The number of unbranched alkanes of at least 4 members (excludes halogenated alkanes) is 9. The SMILES string of the molecule is CC/C=C\C/C=C\C/C=C\C/C=C\C/C=C\C/C=C\CCC(=O)OCC(COP(=O)(O)OCC(O)COP(=O)(O)OCC(COC(=O)CC/C=C\C/C=C\C/C=C\C/C=C\C/C=C\C/C=C\CC)OC(=O)CCCCCCC/C=C\C/C=C\CCCCC)OC(=O)CCC/C=C\C/C=C\C/C=C\C/C=C\C/C=C\CC. The fourth-order valence-corrected chi connectivity index (χ4v) is 11.2. The van der Waals surface area contributed by atoms with Gasteiger partial charge in [0.2, 0.25) is 0 Å². The van der Waals surface area contributed by atoms with Crippen molar-refractivity contribution in [2.45, 2.75) is 277 Å². The standard InChI is InChI=1S/C91H140O17P2/c1-5-9-13-17-21-25-29-33-37-40-42-45-48-51-55-59-63-67-71-75-88(93)101-81-86(107-90(95)77-73-69-65-61-57-53-47-36-32-28-24-20-16-12-8-4)83-105-109(97,98)103-79-85(92)80-104-110(99,100)106-84-87(108-91(96)78-74-70-66-62-58-54-50-44-39-35-31-27-23-19-15-11-7-3)82-102-89(94)76-72-68-64-60-56-52-49-46-43-41-38-34-30-26-22-18-14-10-6-2/h9-11,13-15,21-28,33-39,42-43,45-47,50-52,54-56,62-64,66-68,85-87,92H,5-8,12,16-20,29-32,40-41,44,48-49,53,57-61,65,69-84H2,1-4H3,(H,97,98)(H,99,100)/b13-9-,14-10-,15-11-,25-21-,26-22-,27-23-,28-24-,37-33-,38-34-,39-35-,45-42-,46-43-,47-36-,54-50-,55-51-,56-52-,66-62-,67-63-,68-64-. The summed E-state index contributed by atoms with van der Waals surface area (Å²) < 4.78 is 68.4. The number of allylic oxidation sites excluding steroid dienone is 38. The number of carbonyl (C=O) groups excluding carboxylic acids is 4. The topological polar surface area (TPSA) is 237 Å². The van der Waals surface area contributed by atoms with E-state index in [0.29, 0.717) is 44.9 Å². The first-order valence-electron chi connectivity index (χ1n) is 40.6. The molecule has 0 fully saturated rings. The summed E-state index contributed by atoms with van der Waals surface area (Å²) >= 11 is 0. The maximum Gasteiger partial charge on any atom is 0.472 e. The summed E-state index contributed by atoms with van der Waals surface area (Å²) in [6.07, 6.45) is 103. The Morgan fingerprint density at radius 3 is 0.800 bits per heavy atom. The molecule has 17 nitrogen and oxygen atoms in total. The van der Waals surface area contributed by atoms with Crippen molar-refractivity contribution in [2.75, 3.05) is 39.6 Å². The van der Waals surface area contributed by atoms with Gasteiger partial charge in [-0.2, -0.15) is 0 Å². The second-order valence-corrected chi connectivity index (χ2v) is 28.8. The summed E-state index contributed by atoms with van der Waals surface area (Å²) in [6.45, 7) is 4.21. The molecule has 0 saturated heterocycles. The zero-order chi connectivity index (χ0) is 80.3. The molecule has 0 aromatic rings. The Kier molecular flexibility index (Phi) is 75.2. The lowest BCUT2D eigenvalue weighted by atomic mass is 10.1. The van der Waals surface area contributed by atoms with Crippen molar-refractivity contribution in [3.05, 3.63) is 231 Å². The number of phosphoric acid groups is 2. The normalized spacial score (nSPS) is 15.0. The molecule has 0 amide bonds. The molecule has 0 saturated carbocycles. The zero-order valence-corrected chi connectivity index (χ0v) is 69.1. The van der Waals surface area contributed by atoms with E-state index in [0.717, 1.165) is 141 Å². The van der Waals surface area contributed by atoms with Gasteiger partial charge in [-0.15, -0.1) is 0 Å². The summed E-state index contributed by atoms with van der Waals surface area (Å²) in [7, 11) is -10.1. The number of hydrogen-bond donors (Lipinski definition) is 3. The third-order valence-corrected chi connectivity index (χ3v) is 17.5. The van der Waals surface area contributed by atoms with E-state index in [4.69, 9.17) is 37.0 Å². The maximum absolute atomic E-state index is 13.1. The van der Waals surface area contributed by atoms with Gasteiger partial charge < -0.3 is 33.8 Å². The van der Waals surface area contributed by atoms with Crippen LogP contribution in [-0.2, 0) is 65.4 Å². The highest BCUT2D eigenvalue weighted by Gasteiger charge is 2.30. The van der Waals surface area contributed by atoms with E-state index < -0.39 is 97.5 Å². The molecular formula is C91H140O17P2. The molecule has 5 atom stereocenters. The summed E-state index contributed by atoms with van der Waals surface area (Å²) in [5, 5.41) is 10.7. The van der Waals surface area contributed by atoms with Gasteiger partial charge in [0.1, 0.15) is 19.3 Å². The van der Waals surface area contributed by atoms with E-state index in [9.17, 15) is 43.2 Å². The van der Waals surface area contributed by atoms with Crippen molar-refractivity contribution in [1.29, 1.82) is 0 Å². The largest absolute Gasteiger partial charge is 0.472 e. The Morgan fingerprint density at radius 1 is 0.264 bits per heavy atom. The van der Waals surface area contributed by atoms with E-state index in [2.05, 4.69) is 210 Å². The number of aliphatic hydroxyl groups is 1. The Morgan fingerprint density at radius 2 is 0.500 bits per heavy atom. The number of carbonyl (C=O) groups is 4. The fourth-order valence-electron chi connectivity index (χ4n) is 9.57. The molecule has 0 rings (SSSR count). The highest BCUT2D eigenvalue weighted by molar-refractivity contribution is 7.47. The van der Waals surface area contributed by atoms with Crippen LogP contribution in [0.5, 0.6) is 0 Å². The van der Waals surface area contributed by atoms with Crippen LogP contribution < -0.4 is 0 Å². The summed E-state index contributed by atoms with van der Waals surface area (Å²) in [6, 6.07) is 0. The molecule has 3 N–H and O–H groups in total. The van der Waals surface area contributed by atoms with Gasteiger partial charge in [-0.1, -0.05) is 291 Å².